The zero-order chi connectivity index (χ0) is 24.9. The summed E-state index contributed by atoms with van der Waals surface area (Å²) in [6, 6.07) is 22.5. The van der Waals surface area contributed by atoms with Crippen molar-refractivity contribution >= 4 is 16.7 Å². The Balaban J connectivity index is 1.42. The van der Waals surface area contributed by atoms with Gasteiger partial charge in [-0.1, -0.05) is 67.9 Å². The molecule has 0 saturated carbocycles. The lowest BCUT2D eigenvalue weighted by Crippen LogP contribution is -2.30. The second-order valence-electron chi connectivity index (χ2n) is 10.3. The summed E-state index contributed by atoms with van der Waals surface area (Å²) in [6.07, 6.45) is 9.07. The van der Waals surface area contributed by atoms with E-state index in [9.17, 15) is 0 Å². The summed E-state index contributed by atoms with van der Waals surface area (Å²) in [7, 11) is 0. The van der Waals surface area contributed by atoms with Gasteiger partial charge in [0.2, 0.25) is 0 Å². The lowest BCUT2D eigenvalue weighted by atomic mass is 9.97. The molecule has 1 saturated heterocycles. The van der Waals surface area contributed by atoms with Crippen LogP contribution in [0, 0.1) is 6.92 Å². The summed E-state index contributed by atoms with van der Waals surface area (Å²) in [6.45, 7) is 8.81. The molecule has 1 fully saturated rings. The number of nitrogens with zero attached hydrogens (tertiary/aromatic N) is 3. The van der Waals surface area contributed by atoms with E-state index >= 15 is 0 Å². The molecule has 36 heavy (non-hydrogen) atoms. The van der Waals surface area contributed by atoms with Crippen molar-refractivity contribution in [2.24, 2.45) is 0 Å². The predicted octanol–water partition coefficient (Wildman–Crippen LogP) is 7.90. The molecule has 5 rings (SSSR count). The van der Waals surface area contributed by atoms with Crippen LogP contribution < -0.4 is 4.90 Å². The fraction of sp³-hybridized carbons (Fsp3) is 0.394. The van der Waals surface area contributed by atoms with E-state index in [2.05, 4.69) is 86.3 Å². The molecule has 3 nitrogen and oxygen atoms in total. The second kappa shape index (κ2) is 11.2. The van der Waals surface area contributed by atoms with Crippen LogP contribution >= 0.6 is 0 Å². The van der Waals surface area contributed by atoms with Crippen LogP contribution in [0.4, 0.5) is 5.82 Å². The number of rotatable bonds is 8. The highest BCUT2D eigenvalue weighted by atomic mass is 15.2. The van der Waals surface area contributed by atoms with Crippen molar-refractivity contribution in [3.05, 3.63) is 88.7 Å². The van der Waals surface area contributed by atoms with Crippen molar-refractivity contribution in [1.29, 1.82) is 0 Å². The third-order valence-corrected chi connectivity index (χ3v) is 7.66. The molecule has 0 aliphatic carbocycles. The predicted molar refractivity (Wildman–Crippen MR) is 153 cm³/mol. The molecular weight excluding hydrogens is 438 g/mol. The molecule has 0 radical (unpaired) electrons. The third-order valence-electron chi connectivity index (χ3n) is 7.66. The van der Waals surface area contributed by atoms with E-state index in [0.29, 0.717) is 0 Å². The van der Waals surface area contributed by atoms with E-state index in [-0.39, 0.29) is 0 Å². The fourth-order valence-corrected chi connectivity index (χ4v) is 5.50. The van der Waals surface area contributed by atoms with Gasteiger partial charge in [0.05, 0.1) is 5.52 Å². The van der Waals surface area contributed by atoms with Crippen molar-refractivity contribution in [2.75, 3.05) is 18.0 Å². The van der Waals surface area contributed by atoms with Gasteiger partial charge in [0.25, 0.3) is 0 Å². The van der Waals surface area contributed by atoms with Crippen LogP contribution in [-0.2, 0) is 25.7 Å². The molecule has 186 valence electrons. The minimum Gasteiger partial charge on any atom is -0.356 e. The lowest BCUT2D eigenvalue weighted by Gasteiger charge is -2.29. The van der Waals surface area contributed by atoms with E-state index in [0.717, 1.165) is 62.4 Å². The molecule has 3 aromatic carbocycles. The lowest BCUT2D eigenvalue weighted by molar-refractivity contribution is 0.573. The van der Waals surface area contributed by atoms with Gasteiger partial charge in [-0.25, -0.2) is 9.97 Å². The average molecular weight is 478 g/mol. The Morgan fingerprint density at radius 2 is 1.47 bits per heavy atom. The second-order valence-corrected chi connectivity index (χ2v) is 10.3. The Morgan fingerprint density at radius 3 is 2.22 bits per heavy atom. The van der Waals surface area contributed by atoms with Crippen LogP contribution in [-0.4, -0.2) is 23.1 Å². The van der Waals surface area contributed by atoms with Gasteiger partial charge in [0.15, 0.2) is 0 Å². The number of fused-ring (bicyclic) bond motifs is 1. The highest BCUT2D eigenvalue weighted by Gasteiger charge is 2.18. The van der Waals surface area contributed by atoms with Gasteiger partial charge in [-0.05, 0) is 91.8 Å². The van der Waals surface area contributed by atoms with Gasteiger partial charge in [-0.3, -0.25) is 0 Å². The molecule has 2 heterocycles. The molecule has 0 bridgehead atoms. The number of hydrogen-bond acceptors (Lipinski definition) is 3. The van der Waals surface area contributed by atoms with Gasteiger partial charge in [0.1, 0.15) is 11.6 Å². The number of anilines is 1. The number of hydrogen-bond donors (Lipinski definition) is 0. The minimum absolute atomic E-state index is 0.910. The topological polar surface area (TPSA) is 29.0 Å². The highest BCUT2D eigenvalue weighted by Crippen LogP contribution is 2.31. The van der Waals surface area contributed by atoms with E-state index < -0.39 is 0 Å². The first-order valence-corrected chi connectivity index (χ1v) is 13.9. The standard InChI is InChI=1S/C33H39N3/c1-4-26-17-14-25(22-27(26)5-2)10-9-11-32-34-31-19-18-29(28-15-12-24(3)13-16-28)23-30(31)33(35-32)36-20-7-6-8-21-36/h12-19,22-23H,4-11,20-21H2,1-3H3. The number of aromatic nitrogens is 2. The van der Waals surface area contributed by atoms with Crippen LogP contribution in [0.2, 0.25) is 0 Å². The largest absolute Gasteiger partial charge is 0.356 e. The van der Waals surface area contributed by atoms with Crippen molar-refractivity contribution in [3.63, 3.8) is 0 Å². The summed E-state index contributed by atoms with van der Waals surface area (Å²) in [5.74, 6) is 2.11. The highest BCUT2D eigenvalue weighted by molar-refractivity contribution is 5.93. The van der Waals surface area contributed by atoms with E-state index in [1.54, 1.807) is 0 Å². The van der Waals surface area contributed by atoms with Crippen LogP contribution in [0.25, 0.3) is 22.0 Å². The minimum atomic E-state index is 0.910. The molecule has 0 unspecified atom stereocenters. The maximum Gasteiger partial charge on any atom is 0.140 e. The normalized spacial score (nSPS) is 13.9. The smallest absolute Gasteiger partial charge is 0.140 e. The number of benzene rings is 3. The van der Waals surface area contributed by atoms with Crippen molar-refractivity contribution in [2.45, 2.75) is 72.1 Å². The molecule has 0 atom stereocenters. The third kappa shape index (κ3) is 5.46. The molecule has 1 aliphatic heterocycles. The van der Waals surface area contributed by atoms with Crippen molar-refractivity contribution < 1.29 is 0 Å². The Morgan fingerprint density at radius 1 is 0.722 bits per heavy atom. The Labute approximate surface area is 216 Å². The maximum atomic E-state index is 5.18. The maximum absolute atomic E-state index is 5.18. The summed E-state index contributed by atoms with van der Waals surface area (Å²) in [5, 5.41) is 1.18. The van der Waals surface area contributed by atoms with E-state index in [1.807, 2.05) is 0 Å². The number of aryl methyl sites for hydroxylation is 5. The molecule has 4 aromatic rings. The first-order chi connectivity index (χ1) is 17.6. The van der Waals surface area contributed by atoms with Crippen molar-refractivity contribution in [1.82, 2.24) is 9.97 Å². The monoisotopic (exact) mass is 477 g/mol. The molecule has 3 heteroatoms. The van der Waals surface area contributed by atoms with E-state index in [1.165, 1.54) is 58.0 Å². The number of piperidine rings is 1. The summed E-state index contributed by atoms with van der Waals surface area (Å²) in [5.41, 5.74) is 9.25. The summed E-state index contributed by atoms with van der Waals surface area (Å²) >= 11 is 0. The fourth-order valence-electron chi connectivity index (χ4n) is 5.50. The van der Waals surface area contributed by atoms with Gasteiger partial charge >= 0.3 is 0 Å². The molecule has 1 aliphatic rings. The summed E-state index contributed by atoms with van der Waals surface area (Å²) in [4.78, 5) is 12.7. The van der Waals surface area contributed by atoms with E-state index in [4.69, 9.17) is 9.97 Å². The van der Waals surface area contributed by atoms with Crippen LogP contribution in [0.15, 0.2) is 60.7 Å². The molecule has 1 aromatic heterocycles. The first kappa shape index (κ1) is 24.5. The van der Waals surface area contributed by atoms with Gasteiger partial charge < -0.3 is 4.90 Å². The van der Waals surface area contributed by atoms with Crippen LogP contribution in [0.5, 0.6) is 0 Å². The molecular formula is C33H39N3. The molecule has 0 amide bonds. The zero-order valence-corrected chi connectivity index (χ0v) is 22.2. The average Bonchev–Trinajstić information content (AvgIpc) is 2.93. The zero-order valence-electron chi connectivity index (χ0n) is 22.2. The Kier molecular flexibility index (Phi) is 7.65. The van der Waals surface area contributed by atoms with Crippen LogP contribution in [0.3, 0.4) is 0 Å². The van der Waals surface area contributed by atoms with Gasteiger partial charge in [-0.2, -0.15) is 0 Å². The van der Waals surface area contributed by atoms with Crippen LogP contribution in [0.1, 0.15) is 67.6 Å². The van der Waals surface area contributed by atoms with Gasteiger partial charge in [0, 0.05) is 24.9 Å². The van der Waals surface area contributed by atoms with Gasteiger partial charge in [-0.15, -0.1) is 0 Å². The first-order valence-electron chi connectivity index (χ1n) is 13.9. The SMILES string of the molecule is CCc1ccc(CCCc2nc(N3CCCCC3)c3cc(-c4ccc(C)cc4)ccc3n2)cc1CC. The van der Waals surface area contributed by atoms with Crippen molar-refractivity contribution in [3.8, 4) is 11.1 Å². The summed E-state index contributed by atoms with van der Waals surface area (Å²) < 4.78 is 0. The molecule has 0 N–H and O–H groups in total. The quantitative estimate of drug-likeness (QED) is 0.258. The Bertz CT molecular complexity index is 1320. The Hall–Kier alpha value is -3.20. The molecule has 0 spiro atoms.